The minimum absolute atomic E-state index is 0.132. The first kappa shape index (κ1) is 13.9. The summed E-state index contributed by atoms with van der Waals surface area (Å²) in [5, 5.41) is 9.26. The van der Waals surface area contributed by atoms with Gasteiger partial charge >= 0.3 is 5.97 Å². The summed E-state index contributed by atoms with van der Waals surface area (Å²) in [6.45, 7) is 0. The van der Waals surface area contributed by atoms with Crippen molar-refractivity contribution in [3.05, 3.63) is 29.8 Å². The lowest BCUT2D eigenvalue weighted by atomic mass is 9.76. The second-order valence-electron chi connectivity index (χ2n) is 5.38. The number of rotatable bonds is 5. The van der Waals surface area contributed by atoms with E-state index in [1.54, 1.807) is 7.11 Å². The van der Waals surface area contributed by atoms with Crippen LogP contribution >= 0.6 is 0 Å². The number of ether oxygens (including phenoxy) is 1. The van der Waals surface area contributed by atoms with Crippen molar-refractivity contribution in [2.24, 2.45) is 11.8 Å². The maximum atomic E-state index is 11.2. The van der Waals surface area contributed by atoms with Gasteiger partial charge in [0.15, 0.2) is 0 Å². The van der Waals surface area contributed by atoms with Gasteiger partial charge in [-0.3, -0.25) is 4.79 Å². The summed E-state index contributed by atoms with van der Waals surface area (Å²) in [5.41, 5.74) is 1.26. The van der Waals surface area contributed by atoms with Crippen molar-refractivity contribution < 1.29 is 14.6 Å². The summed E-state index contributed by atoms with van der Waals surface area (Å²) >= 11 is 0. The first-order chi connectivity index (χ1) is 9.20. The lowest BCUT2D eigenvalue weighted by Gasteiger charge is -2.28. The molecule has 1 N–H and O–H groups in total. The van der Waals surface area contributed by atoms with Gasteiger partial charge in [0.25, 0.3) is 0 Å². The summed E-state index contributed by atoms with van der Waals surface area (Å²) in [7, 11) is 1.66. The van der Waals surface area contributed by atoms with Crippen molar-refractivity contribution in [2.45, 2.75) is 38.5 Å². The van der Waals surface area contributed by atoms with Crippen molar-refractivity contribution in [1.29, 1.82) is 0 Å². The fraction of sp³-hybridized carbons (Fsp3) is 0.562. The van der Waals surface area contributed by atoms with Gasteiger partial charge in [-0.1, -0.05) is 25.0 Å². The summed E-state index contributed by atoms with van der Waals surface area (Å²) in [6.07, 6.45) is 6.09. The second kappa shape index (κ2) is 6.60. The Morgan fingerprint density at radius 3 is 2.58 bits per heavy atom. The zero-order chi connectivity index (χ0) is 13.7. The van der Waals surface area contributed by atoms with Crippen LogP contribution in [0.25, 0.3) is 0 Å². The summed E-state index contributed by atoms with van der Waals surface area (Å²) in [4.78, 5) is 11.2. The molecule has 2 unspecified atom stereocenters. The fourth-order valence-electron chi connectivity index (χ4n) is 3.02. The molecule has 3 heteroatoms. The van der Waals surface area contributed by atoms with Crippen molar-refractivity contribution in [2.75, 3.05) is 7.11 Å². The topological polar surface area (TPSA) is 46.5 Å². The predicted octanol–water partition coefficient (Wildman–Crippen LogP) is 3.52. The number of hydrogen-bond acceptors (Lipinski definition) is 2. The van der Waals surface area contributed by atoms with Gasteiger partial charge in [-0.2, -0.15) is 0 Å². The maximum absolute atomic E-state index is 11.2. The van der Waals surface area contributed by atoms with E-state index in [0.717, 1.165) is 37.9 Å². The van der Waals surface area contributed by atoms with Crippen molar-refractivity contribution in [3.8, 4) is 5.75 Å². The molecule has 0 saturated heterocycles. The van der Waals surface area contributed by atoms with Crippen LogP contribution in [-0.4, -0.2) is 18.2 Å². The maximum Gasteiger partial charge on any atom is 0.306 e. The third-order valence-corrected chi connectivity index (χ3v) is 4.19. The van der Waals surface area contributed by atoms with Crippen LogP contribution in [0.3, 0.4) is 0 Å². The van der Waals surface area contributed by atoms with Gasteiger partial charge in [0, 0.05) is 0 Å². The average molecular weight is 262 g/mol. The molecule has 19 heavy (non-hydrogen) atoms. The van der Waals surface area contributed by atoms with Gasteiger partial charge in [0.2, 0.25) is 0 Å². The number of aryl methyl sites for hydroxylation is 1. The van der Waals surface area contributed by atoms with E-state index in [9.17, 15) is 9.90 Å². The van der Waals surface area contributed by atoms with Gasteiger partial charge in [-0.05, 0) is 49.3 Å². The third kappa shape index (κ3) is 3.72. The zero-order valence-electron chi connectivity index (χ0n) is 11.5. The largest absolute Gasteiger partial charge is 0.497 e. The van der Waals surface area contributed by atoms with E-state index in [4.69, 9.17) is 4.74 Å². The minimum atomic E-state index is -0.612. The molecule has 0 bridgehead atoms. The van der Waals surface area contributed by atoms with Crippen LogP contribution in [0, 0.1) is 11.8 Å². The normalized spacial score (nSPS) is 23.0. The first-order valence-corrected chi connectivity index (χ1v) is 7.06. The molecule has 0 aromatic heterocycles. The minimum Gasteiger partial charge on any atom is -0.497 e. The molecule has 1 aromatic rings. The molecule has 0 spiro atoms. The van der Waals surface area contributed by atoms with Crippen LogP contribution in [0.15, 0.2) is 24.3 Å². The van der Waals surface area contributed by atoms with Crippen LogP contribution in [0.5, 0.6) is 5.75 Å². The highest BCUT2D eigenvalue weighted by molar-refractivity contribution is 5.70. The van der Waals surface area contributed by atoms with Crippen LogP contribution in [0.4, 0.5) is 0 Å². The average Bonchev–Trinajstić information content (AvgIpc) is 2.46. The zero-order valence-corrected chi connectivity index (χ0v) is 11.5. The molecule has 1 aromatic carbocycles. The van der Waals surface area contributed by atoms with E-state index in [0.29, 0.717) is 5.92 Å². The Morgan fingerprint density at radius 1 is 1.26 bits per heavy atom. The van der Waals surface area contributed by atoms with Gasteiger partial charge in [0.1, 0.15) is 5.75 Å². The van der Waals surface area contributed by atoms with Crippen LogP contribution < -0.4 is 4.74 Å². The summed E-state index contributed by atoms with van der Waals surface area (Å²) in [5.74, 6) is 0.463. The number of hydrogen-bond donors (Lipinski definition) is 1. The van der Waals surface area contributed by atoms with E-state index >= 15 is 0 Å². The van der Waals surface area contributed by atoms with Crippen LogP contribution in [-0.2, 0) is 11.2 Å². The van der Waals surface area contributed by atoms with Crippen molar-refractivity contribution in [3.63, 3.8) is 0 Å². The Hall–Kier alpha value is -1.51. The second-order valence-corrected chi connectivity index (χ2v) is 5.38. The van der Waals surface area contributed by atoms with Gasteiger partial charge in [-0.25, -0.2) is 0 Å². The monoisotopic (exact) mass is 262 g/mol. The van der Waals surface area contributed by atoms with E-state index < -0.39 is 5.97 Å². The van der Waals surface area contributed by atoms with Crippen molar-refractivity contribution >= 4 is 5.97 Å². The number of aliphatic carboxylic acids is 1. The van der Waals surface area contributed by atoms with Gasteiger partial charge in [0.05, 0.1) is 13.0 Å². The molecule has 2 atom stereocenters. The Morgan fingerprint density at radius 2 is 1.95 bits per heavy atom. The van der Waals surface area contributed by atoms with Crippen LogP contribution in [0.1, 0.15) is 37.7 Å². The predicted molar refractivity (Wildman–Crippen MR) is 74.4 cm³/mol. The van der Waals surface area contributed by atoms with E-state index in [-0.39, 0.29) is 5.92 Å². The third-order valence-electron chi connectivity index (χ3n) is 4.19. The first-order valence-electron chi connectivity index (χ1n) is 7.06. The molecule has 1 saturated carbocycles. The number of carboxylic acids is 1. The lowest BCUT2D eigenvalue weighted by Crippen LogP contribution is -2.27. The Balaban J connectivity index is 1.90. The number of carbonyl (C=O) groups is 1. The molecule has 1 aliphatic carbocycles. The molecule has 0 heterocycles. The summed E-state index contributed by atoms with van der Waals surface area (Å²) in [6, 6.07) is 8.06. The highest BCUT2D eigenvalue weighted by Crippen LogP contribution is 2.33. The molecule has 0 aliphatic heterocycles. The fourth-order valence-corrected chi connectivity index (χ4v) is 3.02. The quantitative estimate of drug-likeness (QED) is 0.883. The molecule has 1 fully saturated rings. The molecule has 3 nitrogen and oxygen atoms in total. The van der Waals surface area contributed by atoms with E-state index in [2.05, 4.69) is 12.1 Å². The number of carboxylic acid groups (broad SMARTS) is 1. The van der Waals surface area contributed by atoms with Crippen molar-refractivity contribution in [1.82, 2.24) is 0 Å². The highest BCUT2D eigenvalue weighted by atomic mass is 16.5. The summed E-state index contributed by atoms with van der Waals surface area (Å²) < 4.78 is 5.13. The smallest absolute Gasteiger partial charge is 0.306 e. The number of methoxy groups -OCH3 is 1. The molecule has 0 radical (unpaired) electrons. The van der Waals surface area contributed by atoms with E-state index in [1.807, 2.05) is 12.1 Å². The SMILES string of the molecule is COc1ccc(CCC2CCCCC2C(=O)O)cc1. The Labute approximate surface area is 114 Å². The molecule has 2 rings (SSSR count). The standard InChI is InChI=1S/C16H22O3/c1-19-14-10-7-12(8-11-14)6-9-13-4-2-3-5-15(13)16(17)18/h7-8,10-11,13,15H,2-6,9H2,1H3,(H,17,18). The van der Waals surface area contributed by atoms with Gasteiger partial charge < -0.3 is 9.84 Å². The Kier molecular flexibility index (Phi) is 4.83. The van der Waals surface area contributed by atoms with Gasteiger partial charge in [-0.15, -0.1) is 0 Å². The Bertz CT molecular complexity index is 411. The lowest BCUT2D eigenvalue weighted by molar-refractivity contribution is -0.145. The molecule has 104 valence electrons. The molecular formula is C16H22O3. The van der Waals surface area contributed by atoms with Crippen LogP contribution in [0.2, 0.25) is 0 Å². The highest BCUT2D eigenvalue weighted by Gasteiger charge is 2.30. The molecular weight excluding hydrogens is 240 g/mol. The van der Waals surface area contributed by atoms with E-state index in [1.165, 1.54) is 12.0 Å². The number of benzene rings is 1. The molecule has 1 aliphatic rings. The molecule has 0 amide bonds.